The van der Waals surface area contributed by atoms with Gasteiger partial charge in [-0.05, 0) is 50.5 Å². The Morgan fingerprint density at radius 3 is 2.39 bits per heavy atom. The zero-order valence-electron chi connectivity index (χ0n) is 19.4. The lowest BCUT2D eigenvalue weighted by Gasteiger charge is -2.36. The number of methoxy groups -OCH3 is 1. The third kappa shape index (κ3) is 6.03. The van der Waals surface area contributed by atoms with Gasteiger partial charge in [0.05, 0.1) is 27.6 Å². The van der Waals surface area contributed by atoms with Gasteiger partial charge in [0.2, 0.25) is 5.91 Å². The number of nitrogens with one attached hydrogen (secondary N) is 1. The van der Waals surface area contributed by atoms with Gasteiger partial charge < -0.3 is 14.8 Å². The lowest BCUT2D eigenvalue weighted by atomic mass is 9.68. The Morgan fingerprint density at radius 2 is 1.82 bits per heavy atom. The van der Waals surface area contributed by atoms with Crippen LogP contribution >= 0.6 is 11.6 Å². The molecule has 7 nitrogen and oxygen atoms in total. The van der Waals surface area contributed by atoms with Crippen LogP contribution in [0.25, 0.3) is 0 Å². The van der Waals surface area contributed by atoms with Gasteiger partial charge in [-0.3, -0.25) is 14.9 Å². The maximum absolute atomic E-state index is 13.5. The van der Waals surface area contributed by atoms with Crippen molar-refractivity contribution in [1.29, 1.82) is 0 Å². The molecule has 1 aliphatic rings. The van der Waals surface area contributed by atoms with Gasteiger partial charge in [0.25, 0.3) is 5.69 Å². The van der Waals surface area contributed by atoms with E-state index >= 15 is 0 Å². The van der Waals surface area contributed by atoms with E-state index in [1.807, 2.05) is 13.8 Å². The SMILES string of the molecule is COC(C)(C)CCOc1ccc(NC(=O)C2(c3ccc([N+](=O)[O-])cc3)CCCCC2)cc1Cl. The van der Waals surface area contributed by atoms with E-state index in [0.717, 1.165) is 24.8 Å². The average Bonchev–Trinajstić information content (AvgIpc) is 2.81. The molecule has 0 bridgehead atoms. The number of non-ortho nitro benzene ring substituents is 1. The highest BCUT2D eigenvalue weighted by atomic mass is 35.5. The molecule has 1 fully saturated rings. The van der Waals surface area contributed by atoms with Crippen molar-refractivity contribution in [3.8, 4) is 5.75 Å². The van der Waals surface area contributed by atoms with Crippen molar-refractivity contribution in [2.24, 2.45) is 0 Å². The second kappa shape index (κ2) is 10.5. The number of benzene rings is 2. The van der Waals surface area contributed by atoms with Crippen molar-refractivity contribution in [2.75, 3.05) is 19.0 Å². The number of amides is 1. The molecule has 0 spiro atoms. The number of hydrogen-bond donors (Lipinski definition) is 1. The lowest BCUT2D eigenvalue weighted by Crippen LogP contribution is -2.42. The molecular formula is C25H31ClN2O5. The maximum Gasteiger partial charge on any atom is 0.269 e. The lowest BCUT2D eigenvalue weighted by molar-refractivity contribution is -0.384. The van der Waals surface area contributed by atoms with Crippen LogP contribution in [-0.2, 0) is 14.9 Å². The van der Waals surface area contributed by atoms with E-state index in [2.05, 4.69) is 5.32 Å². The number of halogens is 1. The number of carbonyl (C=O) groups is 1. The summed E-state index contributed by atoms with van der Waals surface area (Å²) in [6, 6.07) is 11.5. The largest absolute Gasteiger partial charge is 0.492 e. The Morgan fingerprint density at radius 1 is 1.15 bits per heavy atom. The predicted octanol–water partition coefficient (Wildman–Crippen LogP) is 6.28. The molecule has 0 unspecified atom stereocenters. The molecule has 0 radical (unpaired) electrons. The van der Waals surface area contributed by atoms with E-state index in [-0.39, 0.29) is 17.2 Å². The molecule has 0 aromatic heterocycles. The fourth-order valence-corrected chi connectivity index (χ4v) is 4.39. The highest BCUT2D eigenvalue weighted by Gasteiger charge is 2.41. The van der Waals surface area contributed by atoms with Gasteiger partial charge in [-0.15, -0.1) is 0 Å². The van der Waals surface area contributed by atoms with Gasteiger partial charge in [-0.1, -0.05) is 43.0 Å². The van der Waals surface area contributed by atoms with Crippen molar-refractivity contribution in [2.45, 2.75) is 63.4 Å². The summed E-state index contributed by atoms with van der Waals surface area (Å²) < 4.78 is 11.2. The Balaban J connectivity index is 1.74. The monoisotopic (exact) mass is 474 g/mol. The van der Waals surface area contributed by atoms with Crippen LogP contribution in [0.4, 0.5) is 11.4 Å². The number of carbonyl (C=O) groups excluding carboxylic acids is 1. The highest BCUT2D eigenvalue weighted by molar-refractivity contribution is 6.32. The summed E-state index contributed by atoms with van der Waals surface area (Å²) >= 11 is 6.41. The third-order valence-corrected chi connectivity index (χ3v) is 6.77. The molecule has 2 aromatic rings. The van der Waals surface area contributed by atoms with Crippen LogP contribution < -0.4 is 10.1 Å². The smallest absolute Gasteiger partial charge is 0.269 e. The summed E-state index contributed by atoms with van der Waals surface area (Å²) in [6.45, 7) is 4.43. The normalized spacial score (nSPS) is 15.6. The summed E-state index contributed by atoms with van der Waals surface area (Å²) in [5, 5.41) is 14.5. The first-order valence-electron chi connectivity index (χ1n) is 11.2. The second-order valence-electron chi connectivity index (χ2n) is 9.11. The number of hydrogen-bond acceptors (Lipinski definition) is 5. The molecule has 0 saturated heterocycles. The van der Waals surface area contributed by atoms with E-state index in [1.54, 1.807) is 37.4 Å². The molecule has 0 aliphatic heterocycles. The molecule has 1 N–H and O–H groups in total. The molecule has 2 aromatic carbocycles. The zero-order valence-corrected chi connectivity index (χ0v) is 20.1. The van der Waals surface area contributed by atoms with Crippen molar-refractivity contribution >= 4 is 28.9 Å². The number of rotatable bonds is 9. The minimum absolute atomic E-state index is 0.0152. The molecule has 33 heavy (non-hydrogen) atoms. The minimum atomic E-state index is -0.721. The molecule has 0 atom stereocenters. The number of nitrogens with zero attached hydrogens (tertiary/aromatic N) is 1. The first-order valence-corrected chi connectivity index (χ1v) is 11.6. The highest BCUT2D eigenvalue weighted by Crippen LogP contribution is 2.41. The number of nitro groups is 1. The van der Waals surface area contributed by atoms with E-state index in [0.29, 0.717) is 42.3 Å². The summed E-state index contributed by atoms with van der Waals surface area (Å²) in [5.74, 6) is 0.423. The molecular weight excluding hydrogens is 444 g/mol. The summed E-state index contributed by atoms with van der Waals surface area (Å²) in [7, 11) is 1.67. The molecule has 1 amide bonds. The standard InChI is InChI=1S/C25H31ClN2O5/c1-24(2,32-3)15-16-33-22-12-9-19(17-21(22)26)27-23(29)25(13-5-4-6-14-25)18-7-10-20(11-8-18)28(30)31/h7-12,17H,4-6,13-16H2,1-3H3,(H,27,29). The zero-order chi connectivity index (χ0) is 24.1. The van der Waals surface area contributed by atoms with E-state index in [4.69, 9.17) is 21.1 Å². The minimum Gasteiger partial charge on any atom is -0.492 e. The predicted molar refractivity (Wildman–Crippen MR) is 129 cm³/mol. The fourth-order valence-electron chi connectivity index (χ4n) is 4.16. The first-order chi connectivity index (χ1) is 15.7. The summed E-state index contributed by atoms with van der Waals surface area (Å²) in [6.07, 6.45) is 5.02. The van der Waals surface area contributed by atoms with Gasteiger partial charge in [-0.2, -0.15) is 0 Å². The van der Waals surface area contributed by atoms with Crippen LogP contribution in [0.2, 0.25) is 5.02 Å². The van der Waals surface area contributed by atoms with Crippen molar-refractivity contribution in [1.82, 2.24) is 0 Å². The van der Waals surface area contributed by atoms with Crippen LogP contribution in [0.15, 0.2) is 42.5 Å². The molecule has 178 valence electrons. The van der Waals surface area contributed by atoms with Crippen LogP contribution in [0.3, 0.4) is 0 Å². The summed E-state index contributed by atoms with van der Waals surface area (Å²) in [5.41, 5.74) is 0.396. The van der Waals surface area contributed by atoms with E-state index in [9.17, 15) is 14.9 Å². The van der Waals surface area contributed by atoms with Crippen molar-refractivity contribution in [3.05, 3.63) is 63.2 Å². The molecule has 8 heteroatoms. The van der Waals surface area contributed by atoms with Gasteiger partial charge in [0.15, 0.2) is 0 Å². The number of anilines is 1. The third-order valence-electron chi connectivity index (χ3n) is 6.48. The van der Waals surface area contributed by atoms with Crippen LogP contribution in [0.5, 0.6) is 5.75 Å². The Kier molecular flexibility index (Phi) is 7.97. The van der Waals surface area contributed by atoms with Crippen LogP contribution in [0, 0.1) is 10.1 Å². The Labute approximate surface area is 199 Å². The van der Waals surface area contributed by atoms with Gasteiger partial charge in [-0.25, -0.2) is 0 Å². The Hall–Kier alpha value is -2.64. The van der Waals surface area contributed by atoms with Crippen LogP contribution in [-0.4, -0.2) is 30.1 Å². The van der Waals surface area contributed by atoms with Gasteiger partial charge in [0.1, 0.15) is 5.75 Å². The maximum atomic E-state index is 13.5. The van der Waals surface area contributed by atoms with E-state index < -0.39 is 10.3 Å². The number of ether oxygens (including phenoxy) is 2. The molecule has 1 aliphatic carbocycles. The average molecular weight is 475 g/mol. The number of nitro benzene ring substituents is 1. The summed E-state index contributed by atoms with van der Waals surface area (Å²) in [4.78, 5) is 24.1. The van der Waals surface area contributed by atoms with E-state index in [1.165, 1.54) is 12.1 Å². The topological polar surface area (TPSA) is 90.7 Å². The molecule has 1 saturated carbocycles. The van der Waals surface area contributed by atoms with Crippen molar-refractivity contribution < 1.29 is 19.2 Å². The van der Waals surface area contributed by atoms with Crippen LogP contribution in [0.1, 0.15) is 57.9 Å². The molecule has 3 rings (SSSR count). The van der Waals surface area contributed by atoms with Gasteiger partial charge >= 0.3 is 0 Å². The van der Waals surface area contributed by atoms with Crippen molar-refractivity contribution in [3.63, 3.8) is 0 Å². The fraction of sp³-hybridized carbons (Fsp3) is 0.480. The molecule has 0 heterocycles. The first kappa shape index (κ1) is 25.0. The quantitative estimate of drug-likeness (QED) is 0.341. The van der Waals surface area contributed by atoms with Gasteiger partial charge in [0, 0.05) is 31.4 Å². The Bertz CT molecular complexity index is 985. The second-order valence-corrected chi connectivity index (χ2v) is 9.52.